The van der Waals surface area contributed by atoms with Crippen molar-refractivity contribution in [2.24, 2.45) is 0 Å². The molecule has 2 N–H and O–H groups in total. The van der Waals surface area contributed by atoms with Crippen LogP contribution < -0.4 is 10.6 Å². The summed E-state index contributed by atoms with van der Waals surface area (Å²) in [5.74, 6) is -0.282. The van der Waals surface area contributed by atoms with Crippen molar-refractivity contribution in [2.45, 2.75) is 13.8 Å². The lowest BCUT2D eigenvalue weighted by atomic mass is 10.2. The van der Waals surface area contributed by atoms with Crippen molar-refractivity contribution in [2.75, 3.05) is 24.9 Å². The molecule has 0 spiro atoms. The van der Waals surface area contributed by atoms with Gasteiger partial charge in [0.25, 0.3) is 0 Å². The number of aryl methyl sites for hydroxylation is 2. The first-order valence-corrected chi connectivity index (χ1v) is 8.18. The fraction of sp³-hybridized carbons (Fsp3) is 0.308. The lowest BCUT2D eigenvalue weighted by Gasteiger charge is -1.97. The first kappa shape index (κ1) is 17.8. The highest BCUT2D eigenvalue weighted by Crippen LogP contribution is 2.30. The highest BCUT2D eigenvalue weighted by atomic mass is 32.1. The molecular weight excluding hydrogens is 356 g/mol. The normalized spacial score (nSPS) is 10.2. The van der Waals surface area contributed by atoms with Crippen molar-refractivity contribution in [3.63, 3.8) is 0 Å². The number of thiazole rings is 2. The van der Waals surface area contributed by atoms with Gasteiger partial charge in [-0.25, -0.2) is 19.6 Å². The number of anilines is 2. The number of nitrogens with zero attached hydrogens (tertiary/aromatic N) is 2. The Kier molecular flexibility index (Phi) is 5.46. The molecule has 9 nitrogen and oxygen atoms in total. The molecule has 2 rings (SSSR count). The van der Waals surface area contributed by atoms with Gasteiger partial charge in [0.1, 0.15) is 9.75 Å². The lowest BCUT2D eigenvalue weighted by molar-refractivity contribution is 0.104. The number of nitrogens with one attached hydrogen (secondary N) is 2. The van der Waals surface area contributed by atoms with Gasteiger partial charge < -0.3 is 9.47 Å². The maximum absolute atomic E-state index is 12.7. The SMILES string of the molecule is COC(=O)Nc1nc(C)c(C(=O)c2sc(NC(=O)OC)nc2C)s1. The highest BCUT2D eigenvalue weighted by Gasteiger charge is 2.23. The molecule has 24 heavy (non-hydrogen) atoms. The molecule has 0 bridgehead atoms. The standard InChI is InChI=1S/C13H14N4O5S2/c1-5-8(23-10(14-5)16-12(19)21-3)7(18)9-6(2)15-11(24-9)17-13(20)22-4/h1-4H3,(H,14,16,19)(H,15,17,20). The Morgan fingerprint density at radius 3 is 1.54 bits per heavy atom. The van der Waals surface area contributed by atoms with E-state index in [9.17, 15) is 14.4 Å². The Hall–Kier alpha value is -2.53. The predicted molar refractivity (Wildman–Crippen MR) is 89.2 cm³/mol. The van der Waals surface area contributed by atoms with Crippen LogP contribution in [0, 0.1) is 13.8 Å². The summed E-state index contributed by atoms with van der Waals surface area (Å²) in [6.07, 6.45) is -1.33. The maximum Gasteiger partial charge on any atom is 0.413 e. The van der Waals surface area contributed by atoms with Gasteiger partial charge in [-0.15, -0.1) is 0 Å². The maximum atomic E-state index is 12.7. The van der Waals surface area contributed by atoms with Crippen molar-refractivity contribution in [1.82, 2.24) is 9.97 Å². The zero-order chi connectivity index (χ0) is 17.9. The van der Waals surface area contributed by atoms with E-state index in [0.29, 0.717) is 21.1 Å². The van der Waals surface area contributed by atoms with Gasteiger partial charge in [0.2, 0.25) is 5.78 Å². The second-order valence-electron chi connectivity index (χ2n) is 4.43. The Bertz CT molecular complexity index is 734. The van der Waals surface area contributed by atoms with E-state index in [1.807, 2.05) is 0 Å². The van der Waals surface area contributed by atoms with Crippen molar-refractivity contribution < 1.29 is 23.9 Å². The topological polar surface area (TPSA) is 120 Å². The number of hydrogen-bond donors (Lipinski definition) is 2. The van der Waals surface area contributed by atoms with Crippen LogP contribution in [0.15, 0.2) is 0 Å². The Labute approximate surface area is 145 Å². The Morgan fingerprint density at radius 2 is 1.21 bits per heavy atom. The molecule has 0 aliphatic rings. The number of carbonyl (C=O) groups is 3. The van der Waals surface area contributed by atoms with E-state index in [1.165, 1.54) is 14.2 Å². The van der Waals surface area contributed by atoms with Gasteiger partial charge in [-0.2, -0.15) is 0 Å². The molecule has 0 aliphatic heterocycles. The number of methoxy groups -OCH3 is 2. The summed E-state index contributed by atoms with van der Waals surface area (Å²) in [6, 6.07) is 0. The van der Waals surface area contributed by atoms with Crippen LogP contribution in [0.5, 0.6) is 0 Å². The number of aromatic nitrogens is 2. The number of ketones is 1. The third-order valence-corrected chi connectivity index (χ3v) is 4.94. The molecule has 2 aromatic rings. The van der Waals surface area contributed by atoms with Crippen LogP contribution in [0.3, 0.4) is 0 Å². The molecule has 0 saturated carbocycles. The average molecular weight is 370 g/mol. The molecule has 0 unspecified atom stereocenters. The Balaban J connectivity index is 2.26. The minimum atomic E-state index is -0.665. The third kappa shape index (κ3) is 3.86. The second-order valence-corrected chi connectivity index (χ2v) is 6.43. The van der Waals surface area contributed by atoms with Crippen LogP contribution in [0.1, 0.15) is 25.9 Å². The molecule has 2 aromatic heterocycles. The van der Waals surface area contributed by atoms with Crippen LogP contribution in [0.2, 0.25) is 0 Å². The van der Waals surface area contributed by atoms with Crippen LogP contribution in [0.4, 0.5) is 19.9 Å². The molecule has 128 valence electrons. The van der Waals surface area contributed by atoms with Gasteiger partial charge in [-0.1, -0.05) is 22.7 Å². The van der Waals surface area contributed by atoms with E-state index in [2.05, 4.69) is 30.1 Å². The molecule has 0 radical (unpaired) electrons. The first-order valence-electron chi connectivity index (χ1n) is 6.55. The van der Waals surface area contributed by atoms with Crippen LogP contribution in [-0.2, 0) is 9.47 Å². The Morgan fingerprint density at radius 1 is 0.833 bits per heavy atom. The third-order valence-electron chi connectivity index (χ3n) is 2.79. The monoisotopic (exact) mass is 370 g/mol. The fourth-order valence-electron chi connectivity index (χ4n) is 1.70. The van der Waals surface area contributed by atoms with E-state index >= 15 is 0 Å². The summed E-state index contributed by atoms with van der Waals surface area (Å²) >= 11 is 2.07. The van der Waals surface area contributed by atoms with Crippen LogP contribution in [0.25, 0.3) is 0 Å². The number of ether oxygens (including phenoxy) is 2. The van der Waals surface area contributed by atoms with Crippen molar-refractivity contribution in [3.8, 4) is 0 Å². The number of hydrogen-bond acceptors (Lipinski definition) is 9. The largest absolute Gasteiger partial charge is 0.453 e. The van der Waals surface area contributed by atoms with Crippen molar-refractivity contribution in [1.29, 1.82) is 0 Å². The minimum absolute atomic E-state index is 0.262. The quantitative estimate of drug-likeness (QED) is 0.794. The van der Waals surface area contributed by atoms with Crippen LogP contribution >= 0.6 is 22.7 Å². The lowest BCUT2D eigenvalue weighted by Crippen LogP contribution is -2.10. The molecule has 0 aromatic carbocycles. The van der Waals surface area contributed by atoms with E-state index in [0.717, 1.165) is 22.7 Å². The second kappa shape index (κ2) is 7.36. The van der Waals surface area contributed by atoms with Gasteiger partial charge in [-0.3, -0.25) is 15.4 Å². The molecule has 0 fully saturated rings. The van der Waals surface area contributed by atoms with Crippen molar-refractivity contribution in [3.05, 3.63) is 21.1 Å². The summed E-state index contributed by atoms with van der Waals surface area (Å²) in [4.78, 5) is 44.1. The van der Waals surface area contributed by atoms with Gasteiger partial charge in [-0.05, 0) is 13.8 Å². The van der Waals surface area contributed by atoms with E-state index < -0.39 is 12.2 Å². The van der Waals surface area contributed by atoms with Gasteiger partial charge in [0.05, 0.1) is 25.6 Å². The van der Waals surface area contributed by atoms with Gasteiger partial charge >= 0.3 is 12.2 Å². The zero-order valence-corrected chi connectivity index (χ0v) is 14.9. The van der Waals surface area contributed by atoms with E-state index in [4.69, 9.17) is 0 Å². The number of amides is 2. The predicted octanol–water partition coefficient (Wildman–Crippen LogP) is 2.80. The molecule has 11 heteroatoms. The van der Waals surface area contributed by atoms with Gasteiger partial charge in [0, 0.05) is 0 Å². The summed E-state index contributed by atoms with van der Waals surface area (Å²) in [6.45, 7) is 3.33. The fourth-order valence-corrected chi connectivity index (χ4v) is 3.56. The smallest absolute Gasteiger partial charge is 0.413 e. The van der Waals surface area contributed by atoms with Crippen LogP contribution in [-0.4, -0.2) is 42.2 Å². The average Bonchev–Trinajstić information content (AvgIpc) is 3.08. The first-order chi connectivity index (χ1) is 11.3. The zero-order valence-electron chi connectivity index (χ0n) is 13.3. The molecule has 2 heterocycles. The van der Waals surface area contributed by atoms with E-state index in [-0.39, 0.29) is 16.0 Å². The molecule has 0 aliphatic carbocycles. The van der Waals surface area contributed by atoms with Gasteiger partial charge in [0.15, 0.2) is 10.3 Å². The summed E-state index contributed by atoms with van der Waals surface area (Å²) in [7, 11) is 2.47. The minimum Gasteiger partial charge on any atom is -0.453 e. The number of rotatable bonds is 4. The van der Waals surface area contributed by atoms with E-state index in [1.54, 1.807) is 13.8 Å². The summed E-state index contributed by atoms with van der Waals surface area (Å²) < 4.78 is 8.98. The summed E-state index contributed by atoms with van der Waals surface area (Å²) in [5.41, 5.74) is 0.957. The summed E-state index contributed by atoms with van der Waals surface area (Å²) in [5, 5.41) is 5.37. The highest BCUT2D eigenvalue weighted by molar-refractivity contribution is 7.21. The molecule has 2 amide bonds. The molecule has 0 saturated heterocycles. The molecule has 0 atom stereocenters. The molecular formula is C13H14N4O5S2. The van der Waals surface area contributed by atoms with Crippen molar-refractivity contribution >= 4 is 50.9 Å². The number of carbonyl (C=O) groups excluding carboxylic acids is 3.